The molecule has 3 nitrogen and oxygen atoms in total. The van der Waals surface area contributed by atoms with Gasteiger partial charge in [0, 0.05) is 18.0 Å². The van der Waals surface area contributed by atoms with Crippen molar-refractivity contribution in [3.63, 3.8) is 0 Å². The van der Waals surface area contributed by atoms with E-state index in [1.54, 1.807) is 0 Å². The molecule has 15 heavy (non-hydrogen) atoms. The van der Waals surface area contributed by atoms with Crippen LogP contribution >= 0.6 is 11.5 Å². The number of aromatic nitrogens is 2. The highest BCUT2D eigenvalue weighted by molar-refractivity contribution is 7.09. The molecule has 0 fully saturated rings. The van der Waals surface area contributed by atoms with Gasteiger partial charge in [-0.2, -0.15) is 4.37 Å². The molecule has 0 aliphatic heterocycles. The van der Waals surface area contributed by atoms with Gasteiger partial charge in [-0.3, -0.25) is 0 Å². The summed E-state index contributed by atoms with van der Waals surface area (Å²) in [5.74, 6) is 0.846. The topological polar surface area (TPSA) is 51.8 Å². The number of nitrogen functional groups attached to an aromatic ring is 1. The number of hydrogen-bond donors (Lipinski definition) is 1. The summed E-state index contributed by atoms with van der Waals surface area (Å²) in [6.07, 6.45) is 1.83. The molecule has 2 rings (SSSR count). The van der Waals surface area contributed by atoms with Crippen LogP contribution in [0.25, 0.3) is 0 Å². The Morgan fingerprint density at radius 2 is 2.20 bits per heavy atom. The molecule has 0 spiro atoms. The maximum atomic E-state index is 5.52. The first-order valence-electron chi connectivity index (χ1n) is 4.87. The van der Waals surface area contributed by atoms with Crippen molar-refractivity contribution in [3.05, 3.63) is 41.2 Å². The molecule has 0 amide bonds. The van der Waals surface area contributed by atoms with Crippen molar-refractivity contribution < 1.29 is 0 Å². The summed E-state index contributed by atoms with van der Waals surface area (Å²) < 4.78 is 4.16. The van der Waals surface area contributed by atoms with Crippen LogP contribution in [0.5, 0.6) is 0 Å². The van der Waals surface area contributed by atoms with Crippen molar-refractivity contribution in [1.82, 2.24) is 9.36 Å². The molecular formula is C11H13N3S. The molecule has 0 aliphatic carbocycles. The summed E-state index contributed by atoms with van der Waals surface area (Å²) in [7, 11) is 0. The Balaban J connectivity index is 1.99. The number of nitrogens with zero attached hydrogens (tertiary/aromatic N) is 2. The summed E-state index contributed by atoms with van der Waals surface area (Å²) >= 11 is 1.26. The standard InChI is InChI=1S/C11H13N3S/c1-8-3-2-4-9(7-8)5-6-10-13-11(12)15-14-10/h2-4,7H,5-6H2,1H3,(H2,12,13,14). The van der Waals surface area contributed by atoms with Gasteiger partial charge in [-0.1, -0.05) is 29.8 Å². The highest BCUT2D eigenvalue weighted by Gasteiger charge is 2.01. The molecule has 1 aromatic carbocycles. The summed E-state index contributed by atoms with van der Waals surface area (Å²) in [4.78, 5) is 4.13. The van der Waals surface area contributed by atoms with Crippen molar-refractivity contribution in [1.29, 1.82) is 0 Å². The predicted octanol–water partition coefficient (Wildman–Crippen LogP) is 2.21. The fourth-order valence-electron chi connectivity index (χ4n) is 1.49. The number of rotatable bonds is 3. The molecule has 0 aliphatic rings. The van der Waals surface area contributed by atoms with Crippen molar-refractivity contribution in [2.45, 2.75) is 19.8 Å². The highest BCUT2D eigenvalue weighted by atomic mass is 32.1. The molecule has 1 heterocycles. The van der Waals surface area contributed by atoms with Crippen LogP contribution in [0.4, 0.5) is 5.13 Å². The zero-order valence-corrected chi connectivity index (χ0v) is 9.42. The molecule has 0 atom stereocenters. The van der Waals surface area contributed by atoms with Gasteiger partial charge in [0.05, 0.1) is 0 Å². The van der Waals surface area contributed by atoms with Crippen LogP contribution in [0.1, 0.15) is 17.0 Å². The third kappa shape index (κ3) is 2.76. The molecule has 4 heteroatoms. The van der Waals surface area contributed by atoms with E-state index in [1.807, 2.05) is 0 Å². The number of aryl methyl sites for hydroxylation is 3. The van der Waals surface area contributed by atoms with Crippen LogP contribution in [0, 0.1) is 6.92 Å². The van der Waals surface area contributed by atoms with Crippen molar-refractivity contribution in [3.8, 4) is 0 Å². The number of hydrogen-bond acceptors (Lipinski definition) is 4. The fourth-order valence-corrected chi connectivity index (χ4v) is 1.97. The van der Waals surface area contributed by atoms with Crippen LogP contribution in [0.15, 0.2) is 24.3 Å². The smallest absolute Gasteiger partial charge is 0.199 e. The van der Waals surface area contributed by atoms with E-state index in [0.29, 0.717) is 5.13 Å². The van der Waals surface area contributed by atoms with Crippen LogP contribution in [0.2, 0.25) is 0 Å². The fraction of sp³-hybridized carbons (Fsp3) is 0.273. The first-order valence-corrected chi connectivity index (χ1v) is 5.65. The molecule has 1 aromatic heterocycles. The molecule has 78 valence electrons. The average Bonchev–Trinajstić information content (AvgIpc) is 2.62. The monoisotopic (exact) mass is 219 g/mol. The summed E-state index contributed by atoms with van der Waals surface area (Å²) in [6, 6.07) is 8.49. The normalized spacial score (nSPS) is 10.5. The molecule has 0 unspecified atom stereocenters. The molecule has 0 bridgehead atoms. The first kappa shape index (κ1) is 10.1. The van der Waals surface area contributed by atoms with E-state index in [1.165, 1.54) is 22.7 Å². The van der Waals surface area contributed by atoms with Crippen molar-refractivity contribution >= 4 is 16.7 Å². The SMILES string of the molecule is Cc1cccc(CCc2nsc(N)n2)c1. The zero-order valence-electron chi connectivity index (χ0n) is 8.60. The molecular weight excluding hydrogens is 206 g/mol. The largest absolute Gasteiger partial charge is 0.374 e. The molecule has 0 saturated heterocycles. The van der Waals surface area contributed by atoms with E-state index in [0.717, 1.165) is 18.7 Å². The van der Waals surface area contributed by atoms with Crippen LogP contribution < -0.4 is 5.73 Å². The molecule has 2 aromatic rings. The van der Waals surface area contributed by atoms with E-state index in [9.17, 15) is 0 Å². The quantitative estimate of drug-likeness (QED) is 0.861. The maximum Gasteiger partial charge on any atom is 0.199 e. The van der Waals surface area contributed by atoms with Gasteiger partial charge in [0.15, 0.2) is 5.13 Å². The van der Waals surface area contributed by atoms with Gasteiger partial charge >= 0.3 is 0 Å². The maximum absolute atomic E-state index is 5.52. The minimum absolute atomic E-state index is 0.550. The second-order valence-electron chi connectivity index (χ2n) is 3.54. The lowest BCUT2D eigenvalue weighted by atomic mass is 10.1. The summed E-state index contributed by atoms with van der Waals surface area (Å²) in [5, 5.41) is 0.550. The van der Waals surface area contributed by atoms with Gasteiger partial charge in [-0.25, -0.2) is 4.98 Å². The first-order chi connectivity index (χ1) is 7.24. The lowest BCUT2D eigenvalue weighted by Crippen LogP contribution is -1.94. The van der Waals surface area contributed by atoms with Gasteiger partial charge in [-0.15, -0.1) is 0 Å². The number of anilines is 1. The van der Waals surface area contributed by atoms with Crippen LogP contribution in [0.3, 0.4) is 0 Å². The lowest BCUT2D eigenvalue weighted by Gasteiger charge is -1.99. The Hall–Kier alpha value is -1.42. The Morgan fingerprint density at radius 1 is 1.33 bits per heavy atom. The van der Waals surface area contributed by atoms with Gasteiger partial charge in [0.1, 0.15) is 5.82 Å². The Kier molecular flexibility index (Phi) is 2.97. The van der Waals surface area contributed by atoms with Gasteiger partial charge in [-0.05, 0) is 18.9 Å². The van der Waals surface area contributed by atoms with E-state index < -0.39 is 0 Å². The Bertz CT molecular complexity index is 451. The van der Waals surface area contributed by atoms with Gasteiger partial charge in [0.25, 0.3) is 0 Å². The van der Waals surface area contributed by atoms with Gasteiger partial charge in [0.2, 0.25) is 0 Å². The second kappa shape index (κ2) is 4.40. The number of benzene rings is 1. The Morgan fingerprint density at radius 3 is 2.87 bits per heavy atom. The second-order valence-corrected chi connectivity index (χ2v) is 4.32. The van der Waals surface area contributed by atoms with Crippen LogP contribution in [-0.4, -0.2) is 9.36 Å². The van der Waals surface area contributed by atoms with Gasteiger partial charge < -0.3 is 5.73 Å². The lowest BCUT2D eigenvalue weighted by molar-refractivity contribution is 0.890. The average molecular weight is 219 g/mol. The van der Waals surface area contributed by atoms with E-state index in [4.69, 9.17) is 5.73 Å². The predicted molar refractivity (Wildman–Crippen MR) is 62.9 cm³/mol. The minimum Gasteiger partial charge on any atom is -0.374 e. The molecule has 0 radical (unpaired) electrons. The number of nitrogens with two attached hydrogens (primary N) is 1. The van der Waals surface area contributed by atoms with Crippen molar-refractivity contribution in [2.75, 3.05) is 5.73 Å². The molecule has 0 saturated carbocycles. The highest BCUT2D eigenvalue weighted by Crippen LogP contribution is 2.10. The van der Waals surface area contributed by atoms with Crippen molar-refractivity contribution in [2.24, 2.45) is 0 Å². The third-order valence-corrected chi connectivity index (χ3v) is 2.78. The Labute approximate surface area is 93.1 Å². The van der Waals surface area contributed by atoms with E-state index >= 15 is 0 Å². The zero-order chi connectivity index (χ0) is 10.7. The van der Waals surface area contributed by atoms with Crippen LogP contribution in [-0.2, 0) is 12.8 Å². The summed E-state index contributed by atoms with van der Waals surface area (Å²) in [5.41, 5.74) is 8.13. The van der Waals surface area contributed by atoms with E-state index in [2.05, 4.69) is 40.5 Å². The van der Waals surface area contributed by atoms with E-state index in [-0.39, 0.29) is 0 Å². The molecule has 2 N–H and O–H groups in total. The minimum atomic E-state index is 0.550. The summed E-state index contributed by atoms with van der Waals surface area (Å²) in [6.45, 7) is 2.10. The third-order valence-electron chi connectivity index (χ3n) is 2.20.